The minimum atomic E-state index is -3.02. The summed E-state index contributed by atoms with van der Waals surface area (Å²) in [5.74, 6) is -1.40. The average molecular weight is 313 g/mol. The molecular weight excluding hydrogens is 297 g/mol. The Morgan fingerprint density at radius 2 is 2.19 bits per heavy atom. The quantitative estimate of drug-likeness (QED) is 0.854. The van der Waals surface area contributed by atoms with Gasteiger partial charge in [0, 0.05) is 30.4 Å². The number of carboxylic acid groups (broad SMARTS) is 1. The first-order chi connectivity index (χ1) is 9.78. The molecule has 2 rings (SSSR count). The van der Waals surface area contributed by atoms with Crippen molar-refractivity contribution in [2.45, 2.75) is 12.5 Å². The van der Waals surface area contributed by atoms with Gasteiger partial charge in [-0.15, -0.1) is 0 Å². The molecule has 1 fully saturated rings. The van der Waals surface area contributed by atoms with Crippen molar-refractivity contribution < 1.29 is 22.7 Å². The molecule has 1 aromatic carbocycles. The monoisotopic (exact) mass is 313 g/mol. The number of halogens is 1. The van der Waals surface area contributed by atoms with Gasteiger partial charge < -0.3 is 10.0 Å². The number of sulfone groups is 1. The van der Waals surface area contributed by atoms with Crippen LogP contribution in [0.15, 0.2) is 24.3 Å². The lowest BCUT2D eigenvalue weighted by atomic mass is 10.1. The van der Waals surface area contributed by atoms with Crippen molar-refractivity contribution in [3.63, 3.8) is 0 Å². The maximum Gasteiger partial charge on any atom is 0.328 e. The van der Waals surface area contributed by atoms with E-state index in [-0.39, 0.29) is 17.5 Å². The second-order valence-corrected chi connectivity index (χ2v) is 7.27. The molecule has 1 aliphatic heterocycles. The molecule has 0 amide bonds. The number of hydrogen-bond donors (Lipinski definition) is 1. The van der Waals surface area contributed by atoms with Gasteiger partial charge >= 0.3 is 5.97 Å². The largest absolute Gasteiger partial charge is 0.478 e. The predicted octanol–water partition coefficient (Wildman–Crippen LogP) is 1.55. The molecule has 1 aliphatic rings. The summed E-state index contributed by atoms with van der Waals surface area (Å²) in [6, 6.07) is 3.85. The Kier molecular flexibility index (Phi) is 4.32. The zero-order valence-corrected chi connectivity index (χ0v) is 12.3. The topological polar surface area (TPSA) is 74.7 Å². The summed E-state index contributed by atoms with van der Waals surface area (Å²) in [5, 5.41) is 8.68. The lowest BCUT2D eigenvalue weighted by molar-refractivity contribution is -0.131. The van der Waals surface area contributed by atoms with Gasteiger partial charge in [0.25, 0.3) is 0 Å². The van der Waals surface area contributed by atoms with Gasteiger partial charge in [0.2, 0.25) is 0 Å². The number of anilines is 1. The number of nitrogens with zero attached hydrogens (tertiary/aromatic N) is 1. The van der Waals surface area contributed by atoms with Crippen molar-refractivity contribution in [3.05, 3.63) is 35.7 Å². The van der Waals surface area contributed by atoms with Crippen molar-refractivity contribution in [2.75, 3.05) is 23.5 Å². The van der Waals surface area contributed by atoms with Crippen LogP contribution < -0.4 is 4.90 Å². The first-order valence-electron chi connectivity index (χ1n) is 6.42. The summed E-state index contributed by atoms with van der Waals surface area (Å²) >= 11 is 0. The number of carboxylic acids is 1. The summed E-state index contributed by atoms with van der Waals surface area (Å²) < 4.78 is 36.4. The van der Waals surface area contributed by atoms with E-state index in [1.807, 2.05) is 0 Å². The van der Waals surface area contributed by atoms with Crippen molar-refractivity contribution in [2.24, 2.45) is 0 Å². The SMILES string of the molecule is CN(c1ccc(F)cc1/C=C/C(=O)O)C1CCS(=O)(=O)C1. The summed E-state index contributed by atoms with van der Waals surface area (Å²) in [6.45, 7) is 0. The molecule has 0 bridgehead atoms. The zero-order chi connectivity index (χ0) is 15.6. The summed E-state index contributed by atoms with van der Waals surface area (Å²) in [6.07, 6.45) is 2.75. The maximum absolute atomic E-state index is 13.3. The van der Waals surface area contributed by atoms with Crippen LogP contribution in [0.25, 0.3) is 6.08 Å². The van der Waals surface area contributed by atoms with E-state index in [9.17, 15) is 17.6 Å². The molecule has 7 heteroatoms. The van der Waals surface area contributed by atoms with Crippen molar-refractivity contribution in [1.29, 1.82) is 0 Å². The Morgan fingerprint density at radius 1 is 1.48 bits per heavy atom. The Morgan fingerprint density at radius 3 is 2.76 bits per heavy atom. The van der Waals surface area contributed by atoms with Gasteiger partial charge in [-0.05, 0) is 30.7 Å². The Labute approximate surface area is 122 Å². The van der Waals surface area contributed by atoms with E-state index in [1.165, 1.54) is 24.3 Å². The van der Waals surface area contributed by atoms with Crippen LogP contribution in [0.2, 0.25) is 0 Å². The van der Waals surface area contributed by atoms with Gasteiger partial charge in [-0.3, -0.25) is 0 Å². The van der Waals surface area contributed by atoms with Gasteiger partial charge in [-0.1, -0.05) is 0 Å². The summed E-state index contributed by atoms with van der Waals surface area (Å²) in [7, 11) is -1.29. The third-order valence-corrected chi connectivity index (χ3v) is 5.28. The fraction of sp³-hybridized carbons (Fsp3) is 0.357. The third kappa shape index (κ3) is 3.81. The van der Waals surface area contributed by atoms with Crippen LogP contribution in [0, 0.1) is 5.82 Å². The van der Waals surface area contributed by atoms with E-state index in [4.69, 9.17) is 5.11 Å². The second-order valence-electron chi connectivity index (χ2n) is 5.04. The molecule has 5 nitrogen and oxygen atoms in total. The smallest absolute Gasteiger partial charge is 0.328 e. The molecule has 0 aliphatic carbocycles. The van der Waals surface area contributed by atoms with E-state index >= 15 is 0 Å². The van der Waals surface area contributed by atoms with Crippen LogP contribution >= 0.6 is 0 Å². The van der Waals surface area contributed by atoms with Crippen molar-refractivity contribution in [1.82, 2.24) is 0 Å². The highest BCUT2D eigenvalue weighted by atomic mass is 32.2. The summed E-state index contributed by atoms with van der Waals surface area (Å²) in [5.41, 5.74) is 1.01. The van der Waals surface area contributed by atoms with E-state index < -0.39 is 21.6 Å². The molecule has 21 heavy (non-hydrogen) atoms. The number of carbonyl (C=O) groups is 1. The molecule has 0 radical (unpaired) electrons. The van der Waals surface area contributed by atoms with Crippen molar-refractivity contribution >= 4 is 27.6 Å². The summed E-state index contributed by atoms with van der Waals surface area (Å²) in [4.78, 5) is 12.4. The lowest BCUT2D eigenvalue weighted by Crippen LogP contribution is -2.33. The number of benzene rings is 1. The van der Waals surface area contributed by atoms with Crippen LogP contribution in [0.4, 0.5) is 10.1 Å². The van der Waals surface area contributed by atoms with Crippen LogP contribution in [0.3, 0.4) is 0 Å². The Bertz CT molecular complexity index is 684. The van der Waals surface area contributed by atoms with Crippen LogP contribution in [0.5, 0.6) is 0 Å². The van der Waals surface area contributed by atoms with Crippen LogP contribution in [0.1, 0.15) is 12.0 Å². The molecule has 1 saturated heterocycles. The van der Waals surface area contributed by atoms with E-state index in [0.717, 1.165) is 6.08 Å². The first kappa shape index (κ1) is 15.5. The maximum atomic E-state index is 13.3. The molecule has 0 spiro atoms. The number of aliphatic carboxylic acids is 1. The molecular formula is C14H16FNO4S. The van der Waals surface area contributed by atoms with Gasteiger partial charge in [-0.25, -0.2) is 17.6 Å². The minimum absolute atomic E-state index is 0.0585. The van der Waals surface area contributed by atoms with Crippen LogP contribution in [-0.4, -0.2) is 44.1 Å². The molecule has 1 atom stereocenters. The highest BCUT2D eigenvalue weighted by molar-refractivity contribution is 7.91. The van der Waals surface area contributed by atoms with E-state index in [2.05, 4.69) is 0 Å². The number of hydrogen-bond acceptors (Lipinski definition) is 4. The van der Waals surface area contributed by atoms with Crippen molar-refractivity contribution in [3.8, 4) is 0 Å². The predicted molar refractivity (Wildman–Crippen MR) is 78.5 cm³/mol. The van der Waals surface area contributed by atoms with Gasteiger partial charge in [-0.2, -0.15) is 0 Å². The molecule has 1 heterocycles. The van der Waals surface area contributed by atoms with Gasteiger partial charge in [0.05, 0.1) is 11.5 Å². The molecule has 0 saturated carbocycles. The zero-order valence-electron chi connectivity index (χ0n) is 11.5. The number of rotatable bonds is 4. The highest BCUT2D eigenvalue weighted by Gasteiger charge is 2.31. The highest BCUT2D eigenvalue weighted by Crippen LogP contribution is 2.27. The first-order valence-corrected chi connectivity index (χ1v) is 8.24. The average Bonchev–Trinajstić information content (AvgIpc) is 2.76. The standard InChI is InChI=1S/C14H16FNO4S/c1-16(12-6-7-21(19,20)9-12)13-4-3-11(15)8-10(13)2-5-14(17)18/h2-5,8,12H,6-7,9H2,1H3,(H,17,18)/b5-2+. The molecule has 1 N–H and O–H groups in total. The Balaban J connectivity index is 2.32. The normalized spacial score (nSPS) is 20.8. The second kappa shape index (κ2) is 5.85. The minimum Gasteiger partial charge on any atom is -0.478 e. The van der Waals surface area contributed by atoms with E-state index in [1.54, 1.807) is 11.9 Å². The van der Waals surface area contributed by atoms with Crippen LogP contribution in [-0.2, 0) is 14.6 Å². The fourth-order valence-electron chi connectivity index (χ4n) is 2.42. The molecule has 0 aromatic heterocycles. The van der Waals surface area contributed by atoms with Gasteiger partial charge in [0.1, 0.15) is 5.82 Å². The lowest BCUT2D eigenvalue weighted by Gasteiger charge is -2.27. The fourth-order valence-corrected chi connectivity index (χ4v) is 4.19. The third-order valence-electron chi connectivity index (χ3n) is 3.53. The van der Waals surface area contributed by atoms with Gasteiger partial charge in [0.15, 0.2) is 9.84 Å². The molecule has 1 aromatic rings. The van der Waals surface area contributed by atoms with E-state index in [0.29, 0.717) is 17.7 Å². The molecule has 114 valence electrons. The molecule has 1 unspecified atom stereocenters. The Hall–Kier alpha value is -1.89.